The summed E-state index contributed by atoms with van der Waals surface area (Å²) >= 11 is 0. The average Bonchev–Trinajstić information content (AvgIpc) is 2.39. The first-order chi connectivity index (χ1) is 8.57. The summed E-state index contributed by atoms with van der Waals surface area (Å²) in [5, 5.41) is 5.84. The van der Waals surface area contributed by atoms with Gasteiger partial charge in [-0.25, -0.2) is 4.98 Å². The van der Waals surface area contributed by atoms with Crippen LogP contribution in [0.25, 0.3) is 10.8 Å². The molecule has 1 heterocycles. The van der Waals surface area contributed by atoms with Crippen LogP contribution in [0.15, 0.2) is 36.5 Å². The Morgan fingerprint density at radius 1 is 1.28 bits per heavy atom. The smallest absolute Gasteiger partial charge is 0.134 e. The van der Waals surface area contributed by atoms with Crippen molar-refractivity contribution in [1.29, 1.82) is 0 Å². The lowest BCUT2D eigenvalue weighted by Crippen LogP contribution is -2.47. The molecule has 0 bridgehead atoms. The van der Waals surface area contributed by atoms with Crippen LogP contribution in [-0.4, -0.2) is 17.1 Å². The van der Waals surface area contributed by atoms with Gasteiger partial charge < -0.3 is 11.1 Å². The Morgan fingerprint density at radius 2 is 2.00 bits per heavy atom. The minimum atomic E-state index is -0.142. The molecule has 0 saturated heterocycles. The second kappa shape index (κ2) is 4.94. The maximum atomic E-state index is 5.91. The lowest BCUT2D eigenvalue weighted by Gasteiger charge is -2.34. The van der Waals surface area contributed by atoms with Crippen LogP contribution in [0.2, 0.25) is 0 Å². The molecule has 0 fully saturated rings. The van der Waals surface area contributed by atoms with Crippen molar-refractivity contribution < 1.29 is 0 Å². The third kappa shape index (κ3) is 2.31. The summed E-state index contributed by atoms with van der Waals surface area (Å²) < 4.78 is 0. The average molecular weight is 243 g/mol. The van der Waals surface area contributed by atoms with E-state index in [0.29, 0.717) is 12.5 Å². The maximum absolute atomic E-state index is 5.91. The van der Waals surface area contributed by atoms with E-state index in [0.717, 1.165) is 11.2 Å². The van der Waals surface area contributed by atoms with E-state index in [1.807, 2.05) is 24.4 Å². The summed E-state index contributed by atoms with van der Waals surface area (Å²) in [6.45, 7) is 7.06. The van der Waals surface area contributed by atoms with Crippen molar-refractivity contribution in [3.8, 4) is 0 Å². The molecule has 0 aliphatic carbocycles. The van der Waals surface area contributed by atoms with Gasteiger partial charge in [-0.2, -0.15) is 0 Å². The standard InChI is InChI=1S/C15H21N3/c1-11(2)15(3,10-16)18-14-13-7-5-4-6-12(13)8-9-17-14/h4-9,11H,10,16H2,1-3H3,(H,17,18). The van der Waals surface area contributed by atoms with E-state index >= 15 is 0 Å². The highest BCUT2D eigenvalue weighted by atomic mass is 15.1. The van der Waals surface area contributed by atoms with Crippen LogP contribution in [0.5, 0.6) is 0 Å². The zero-order valence-corrected chi connectivity index (χ0v) is 11.3. The monoisotopic (exact) mass is 243 g/mol. The predicted octanol–water partition coefficient (Wildman–Crippen LogP) is 3.02. The highest BCUT2D eigenvalue weighted by molar-refractivity contribution is 5.91. The molecular formula is C15H21N3. The van der Waals surface area contributed by atoms with Gasteiger partial charge in [0.1, 0.15) is 5.82 Å². The molecule has 0 spiro atoms. The van der Waals surface area contributed by atoms with Crippen LogP contribution in [0.3, 0.4) is 0 Å². The zero-order chi connectivity index (χ0) is 13.2. The fourth-order valence-electron chi connectivity index (χ4n) is 1.92. The van der Waals surface area contributed by atoms with Crippen molar-refractivity contribution in [2.75, 3.05) is 11.9 Å². The minimum absolute atomic E-state index is 0.142. The van der Waals surface area contributed by atoms with Gasteiger partial charge in [-0.3, -0.25) is 0 Å². The van der Waals surface area contributed by atoms with E-state index in [4.69, 9.17) is 5.73 Å². The molecular weight excluding hydrogens is 222 g/mol. The number of aromatic nitrogens is 1. The summed E-state index contributed by atoms with van der Waals surface area (Å²) in [5.41, 5.74) is 5.77. The Kier molecular flexibility index (Phi) is 3.53. The summed E-state index contributed by atoms with van der Waals surface area (Å²) in [6.07, 6.45) is 1.84. The number of nitrogens with one attached hydrogen (secondary N) is 1. The van der Waals surface area contributed by atoms with Crippen LogP contribution in [-0.2, 0) is 0 Å². The molecule has 3 heteroatoms. The third-order valence-electron chi connectivity index (χ3n) is 3.78. The molecule has 3 N–H and O–H groups in total. The SMILES string of the molecule is CC(C)C(C)(CN)Nc1nccc2ccccc12. The molecule has 1 aromatic heterocycles. The lowest BCUT2D eigenvalue weighted by atomic mass is 9.88. The van der Waals surface area contributed by atoms with Crippen molar-refractivity contribution >= 4 is 16.6 Å². The van der Waals surface area contributed by atoms with Crippen molar-refractivity contribution in [3.63, 3.8) is 0 Å². The van der Waals surface area contributed by atoms with Gasteiger partial charge >= 0.3 is 0 Å². The number of hydrogen-bond donors (Lipinski definition) is 2. The Hall–Kier alpha value is -1.61. The molecule has 0 amide bonds. The number of nitrogens with zero attached hydrogens (tertiary/aromatic N) is 1. The topological polar surface area (TPSA) is 50.9 Å². The molecule has 2 aromatic rings. The predicted molar refractivity (Wildman–Crippen MR) is 77.7 cm³/mol. The van der Waals surface area contributed by atoms with Gasteiger partial charge in [-0.15, -0.1) is 0 Å². The van der Waals surface area contributed by atoms with E-state index < -0.39 is 0 Å². The highest BCUT2D eigenvalue weighted by Crippen LogP contribution is 2.26. The van der Waals surface area contributed by atoms with E-state index in [-0.39, 0.29) is 5.54 Å². The normalized spacial score (nSPS) is 14.7. The molecule has 1 unspecified atom stereocenters. The Bertz CT molecular complexity index is 531. The van der Waals surface area contributed by atoms with Gasteiger partial charge in [0.25, 0.3) is 0 Å². The Balaban J connectivity index is 2.43. The fourth-order valence-corrected chi connectivity index (χ4v) is 1.92. The quantitative estimate of drug-likeness (QED) is 0.868. The number of benzene rings is 1. The first-order valence-electron chi connectivity index (χ1n) is 6.39. The number of pyridine rings is 1. The van der Waals surface area contributed by atoms with Gasteiger partial charge in [0.2, 0.25) is 0 Å². The van der Waals surface area contributed by atoms with Crippen LogP contribution in [0, 0.1) is 5.92 Å². The fraction of sp³-hybridized carbons (Fsp3) is 0.400. The molecule has 2 rings (SSSR count). The first kappa shape index (κ1) is 12.8. The number of nitrogens with two attached hydrogens (primary N) is 1. The minimum Gasteiger partial charge on any atom is -0.363 e. The second-order valence-electron chi connectivity index (χ2n) is 5.28. The van der Waals surface area contributed by atoms with Gasteiger partial charge in [-0.1, -0.05) is 38.1 Å². The van der Waals surface area contributed by atoms with Crippen LogP contribution >= 0.6 is 0 Å². The number of hydrogen-bond acceptors (Lipinski definition) is 3. The highest BCUT2D eigenvalue weighted by Gasteiger charge is 2.27. The molecule has 0 saturated carbocycles. The molecule has 0 aliphatic heterocycles. The maximum Gasteiger partial charge on any atom is 0.134 e. The summed E-state index contributed by atoms with van der Waals surface area (Å²) in [6, 6.07) is 10.3. The number of anilines is 1. The number of rotatable bonds is 4. The summed E-state index contributed by atoms with van der Waals surface area (Å²) in [5.74, 6) is 1.35. The first-order valence-corrected chi connectivity index (χ1v) is 6.39. The van der Waals surface area contributed by atoms with Crippen molar-refractivity contribution in [2.45, 2.75) is 26.3 Å². The van der Waals surface area contributed by atoms with Gasteiger partial charge in [-0.05, 0) is 24.3 Å². The Morgan fingerprint density at radius 3 is 2.67 bits per heavy atom. The molecule has 1 atom stereocenters. The molecule has 18 heavy (non-hydrogen) atoms. The molecule has 0 radical (unpaired) electrons. The van der Waals surface area contributed by atoms with Gasteiger partial charge in [0, 0.05) is 18.1 Å². The van der Waals surface area contributed by atoms with E-state index in [1.165, 1.54) is 5.39 Å². The number of fused-ring (bicyclic) bond motifs is 1. The Labute approximate surface area is 108 Å². The van der Waals surface area contributed by atoms with E-state index in [1.54, 1.807) is 0 Å². The van der Waals surface area contributed by atoms with Crippen molar-refractivity contribution in [3.05, 3.63) is 36.5 Å². The molecule has 96 valence electrons. The lowest BCUT2D eigenvalue weighted by molar-refractivity contribution is 0.382. The molecule has 0 aliphatic rings. The van der Waals surface area contributed by atoms with E-state index in [2.05, 4.69) is 43.2 Å². The summed E-state index contributed by atoms with van der Waals surface area (Å²) in [4.78, 5) is 4.46. The van der Waals surface area contributed by atoms with Crippen molar-refractivity contribution in [2.24, 2.45) is 11.7 Å². The largest absolute Gasteiger partial charge is 0.363 e. The summed E-state index contributed by atoms with van der Waals surface area (Å²) in [7, 11) is 0. The van der Waals surface area contributed by atoms with Crippen LogP contribution in [0.4, 0.5) is 5.82 Å². The van der Waals surface area contributed by atoms with Gasteiger partial charge in [0.05, 0.1) is 5.54 Å². The van der Waals surface area contributed by atoms with Crippen LogP contribution in [0.1, 0.15) is 20.8 Å². The zero-order valence-electron chi connectivity index (χ0n) is 11.3. The van der Waals surface area contributed by atoms with Crippen molar-refractivity contribution in [1.82, 2.24) is 4.98 Å². The second-order valence-corrected chi connectivity index (χ2v) is 5.28. The van der Waals surface area contributed by atoms with E-state index in [9.17, 15) is 0 Å². The molecule has 1 aromatic carbocycles. The third-order valence-corrected chi connectivity index (χ3v) is 3.78. The van der Waals surface area contributed by atoms with Gasteiger partial charge in [0.15, 0.2) is 0 Å². The van der Waals surface area contributed by atoms with Crippen LogP contribution < -0.4 is 11.1 Å². The molecule has 3 nitrogen and oxygen atoms in total.